The standard InChI is InChI=1S/C12H25N/c1-10(2)9-12(4)13-8-6-5-7-11(13)3/h10-12H,5-9H2,1-4H3. The van der Waals surface area contributed by atoms with E-state index in [1.54, 1.807) is 0 Å². The molecule has 0 radical (unpaired) electrons. The van der Waals surface area contributed by atoms with Gasteiger partial charge in [-0.15, -0.1) is 0 Å². The molecule has 1 aliphatic rings. The third-order valence-corrected chi connectivity index (χ3v) is 3.23. The number of likely N-dealkylation sites (tertiary alicyclic amines) is 1. The first-order valence-corrected chi connectivity index (χ1v) is 5.87. The van der Waals surface area contributed by atoms with Crippen LogP contribution >= 0.6 is 0 Å². The summed E-state index contributed by atoms with van der Waals surface area (Å²) in [6.07, 6.45) is 5.60. The van der Waals surface area contributed by atoms with Crippen LogP contribution in [0.2, 0.25) is 0 Å². The second kappa shape index (κ2) is 4.99. The summed E-state index contributed by atoms with van der Waals surface area (Å²) in [5.41, 5.74) is 0. The minimum absolute atomic E-state index is 0.787. The zero-order chi connectivity index (χ0) is 9.84. The van der Waals surface area contributed by atoms with Crippen molar-refractivity contribution in [3.05, 3.63) is 0 Å². The zero-order valence-electron chi connectivity index (χ0n) is 9.71. The number of nitrogens with zero attached hydrogens (tertiary/aromatic N) is 1. The quantitative estimate of drug-likeness (QED) is 0.649. The van der Waals surface area contributed by atoms with Crippen molar-refractivity contribution in [2.24, 2.45) is 5.92 Å². The Morgan fingerprint density at radius 2 is 1.92 bits per heavy atom. The molecule has 0 aromatic rings. The summed E-state index contributed by atoms with van der Waals surface area (Å²) in [5.74, 6) is 0.837. The van der Waals surface area contributed by atoms with Crippen molar-refractivity contribution >= 4 is 0 Å². The lowest BCUT2D eigenvalue weighted by molar-refractivity contribution is 0.102. The molecule has 1 rings (SSSR count). The molecule has 0 bridgehead atoms. The molecule has 0 saturated carbocycles. The highest BCUT2D eigenvalue weighted by atomic mass is 15.2. The number of hydrogen-bond donors (Lipinski definition) is 0. The van der Waals surface area contributed by atoms with E-state index in [0.717, 1.165) is 18.0 Å². The van der Waals surface area contributed by atoms with Crippen LogP contribution in [0.3, 0.4) is 0 Å². The molecule has 2 unspecified atom stereocenters. The molecular weight excluding hydrogens is 158 g/mol. The van der Waals surface area contributed by atoms with E-state index in [2.05, 4.69) is 32.6 Å². The molecule has 1 heteroatoms. The van der Waals surface area contributed by atoms with Crippen LogP contribution in [0, 0.1) is 5.92 Å². The average Bonchev–Trinajstić information content (AvgIpc) is 2.03. The lowest BCUT2D eigenvalue weighted by atomic mass is 9.97. The maximum atomic E-state index is 2.70. The van der Waals surface area contributed by atoms with Gasteiger partial charge in [-0.25, -0.2) is 0 Å². The Labute approximate surface area is 83.5 Å². The Balaban J connectivity index is 2.39. The van der Waals surface area contributed by atoms with Gasteiger partial charge in [0.15, 0.2) is 0 Å². The Morgan fingerprint density at radius 3 is 2.46 bits per heavy atom. The fourth-order valence-corrected chi connectivity index (χ4v) is 2.59. The summed E-state index contributed by atoms with van der Waals surface area (Å²) < 4.78 is 0. The molecular formula is C12H25N. The normalized spacial score (nSPS) is 27.9. The fraction of sp³-hybridized carbons (Fsp3) is 1.00. The van der Waals surface area contributed by atoms with Crippen molar-refractivity contribution in [2.45, 2.75) is 65.5 Å². The first-order chi connectivity index (χ1) is 6.11. The summed E-state index contributed by atoms with van der Waals surface area (Å²) >= 11 is 0. The van der Waals surface area contributed by atoms with Gasteiger partial charge in [0.2, 0.25) is 0 Å². The zero-order valence-corrected chi connectivity index (χ0v) is 9.71. The van der Waals surface area contributed by atoms with Crippen molar-refractivity contribution in [1.29, 1.82) is 0 Å². The lowest BCUT2D eigenvalue weighted by Crippen LogP contribution is -2.43. The Bertz CT molecular complexity index is 142. The van der Waals surface area contributed by atoms with Gasteiger partial charge in [0.05, 0.1) is 0 Å². The van der Waals surface area contributed by atoms with Crippen molar-refractivity contribution in [1.82, 2.24) is 4.90 Å². The van der Waals surface area contributed by atoms with Crippen molar-refractivity contribution in [3.63, 3.8) is 0 Å². The molecule has 78 valence electrons. The van der Waals surface area contributed by atoms with Crippen LogP contribution in [0.4, 0.5) is 0 Å². The van der Waals surface area contributed by atoms with E-state index >= 15 is 0 Å². The summed E-state index contributed by atoms with van der Waals surface area (Å²) in [7, 11) is 0. The molecule has 1 fully saturated rings. The third-order valence-electron chi connectivity index (χ3n) is 3.23. The Morgan fingerprint density at radius 1 is 1.23 bits per heavy atom. The van der Waals surface area contributed by atoms with Crippen LogP contribution < -0.4 is 0 Å². The van der Waals surface area contributed by atoms with Crippen LogP contribution in [0.15, 0.2) is 0 Å². The monoisotopic (exact) mass is 183 g/mol. The maximum absolute atomic E-state index is 2.70. The molecule has 0 aromatic heterocycles. The minimum Gasteiger partial charge on any atom is -0.298 e. The first-order valence-electron chi connectivity index (χ1n) is 5.87. The average molecular weight is 183 g/mol. The van der Waals surface area contributed by atoms with Gasteiger partial charge in [-0.1, -0.05) is 20.3 Å². The highest BCUT2D eigenvalue weighted by molar-refractivity contribution is 4.78. The number of piperidine rings is 1. The van der Waals surface area contributed by atoms with Crippen molar-refractivity contribution in [2.75, 3.05) is 6.54 Å². The van der Waals surface area contributed by atoms with E-state index in [9.17, 15) is 0 Å². The fourth-order valence-electron chi connectivity index (χ4n) is 2.59. The van der Waals surface area contributed by atoms with Gasteiger partial charge >= 0.3 is 0 Å². The molecule has 13 heavy (non-hydrogen) atoms. The largest absolute Gasteiger partial charge is 0.298 e. The highest BCUT2D eigenvalue weighted by Crippen LogP contribution is 2.22. The topological polar surface area (TPSA) is 3.24 Å². The molecule has 1 aliphatic heterocycles. The predicted octanol–water partition coefficient (Wildman–Crippen LogP) is 3.30. The minimum atomic E-state index is 0.787. The van der Waals surface area contributed by atoms with E-state index in [4.69, 9.17) is 0 Å². The van der Waals surface area contributed by atoms with Crippen LogP contribution in [0.5, 0.6) is 0 Å². The highest BCUT2D eigenvalue weighted by Gasteiger charge is 2.23. The first kappa shape index (κ1) is 11.0. The van der Waals surface area contributed by atoms with E-state index in [1.165, 1.54) is 32.2 Å². The molecule has 0 aromatic carbocycles. The smallest absolute Gasteiger partial charge is 0.00721 e. The SMILES string of the molecule is CC(C)CC(C)N1CCCCC1C. The molecule has 1 saturated heterocycles. The lowest BCUT2D eigenvalue weighted by Gasteiger charge is -2.38. The van der Waals surface area contributed by atoms with Gasteiger partial charge < -0.3 is 0 Å². The van der Waals surface area contributed by atoms with Crippen LogP contribution in [0.1, 0.15) is 53.4 Å². The van der Waals surface area contributed by atoms with E-state index in [1.807, 2.05) is 0 Å². The summed E-state index contributed by atoms with van der Waals surface area (Å²) in [6, 6.07) is 1.61. The van der Waals surface area contributed by atoms with Crippen LogP contribution in [-0.4, -0.2) is 23.5 Å². The molecule has 2 atom stereocenters. The van der Waals surface area contributed by atoms with E-state index in [0.29, 0.717) is 0 Å². The Hall–Kier alpha value is -0.0400. The molecule has 0 spiro atoms. The van der Waals surface area contributed by atoms with Gasteiger partial charge in [0, 0.05) is 12.1 Å². The van der Waals surface area contributed by atoms with Gasteiger partial charge in [-0.05, 0) is 45.6 Å². The molecule has 1 heterocycles. The van der Waals surface area contributed by atoms with Gasteiger partial charge in [0.1, 0.15) is 0 Å². The summed E-state index contributed by atoms with van der Waals surface area (Å²) in [5, 5.41) is 0. The van der Waals surface area contributed by atoms with E-state index < -0.39 is 0 Å². The van der Waals surface area contributed by atoms with Crippen LogP contribution in [0.25, 0.3) is 0 Å². The molecule has 0 amide bonds. The number of rotatable bonds is 3. The predicted molar refractivity (Wildman–Crippen MR) is 58.9 cm³/mol. The molecule has 1 nitrogen and oxygen atoms in total. The summed E-state index contributed by atoms with van der Waals surface area (Å²) in [4.78, 5) is 2.70. The molecule has 0 aliphatic carbocycles. The number of hydrogen-bond acceptors (Lipinski definition) is 1. The van der Waals surface area contributed by atoms with Crippen LogP contribution in [-0.2, 0) is 0 Å². The van der Waals surface area contributed by atoms with Crippen molar-refractivity contribution < 1.29 is 0 Å². The van der Waals surface area contributed by atoms with Crippen molar-refractivity contribution in [3.8, 4) is 0 Å². The Kier molecular flexibility index (Phi) is 4.24. The second-order valence-electron chi connectivity index (χ2n) is 5.06. The second-order valence-corrected chi connectivity index (χ2v) is 5.06. The third kappa shape index (κ3) is 3.30. The van der Waals surface area contributed by atoms with Gasteiger partial charge in [-0.2, -0.15) is 0 Å². The van der Waals surface area contributed by atoms with Gasteiger partial charge in [0.25, 0.3) is 0 Å². The van der Waals surface area contributed by atoms with E-state index in [-0.39, 0.29) is 0 Å². The summed E-state index contributed by atoms with van der Waals surface area (Å²) in [6.45, 7) is 10.8. The van der Waals surface area contributed by atoms with Gasteiger partial charge in [-0.3, -0.25) is 4.90 Å². The maximum Gasteiger partial charge on any atom is 0.00721 e. The molecule has 0 N–H and O–H groups in total.